The summed E-state index contributed by atoms with van der Waals surface area (Å²) in [6.07, 6.45) is 2.50. The summed E-state index contributed by atoms with van der Waals surface area (Å²) in [6.45, 7) is 2.23. The van der Waals surface area contributed by atoms with Crippen molar-refractivity contribution in [1.82, 2.24) is 4.98 Å². The molecule has 1 atom stereocenters. The second kappa shape index (κ2) is 7.70. The van der Waals surface area contributed by atoms with E-state index in [-0.39, 0.29) is 25.0 Å². The summed E-state index contributed by atoms with van der Waals surface area (Å²) >= 11 is 0. The molecule has 0 bridgehead atoms. The van der Waals surface area contributed by atoms with Crippen LogP contribution in [-0.2, 0) is 19.1 Å². The van der Waals surface area contributed by atoms with Gasteiger partial charge in [0.15, 0.2) is 0 Å². The van der Waals surface area contributed by atoms with Crippen LogP contribution in [0.15, 0.2) is 29.4 Å². The molecule has 0 aliphatic carbocycles. The summed E-state index contributed by atoms with van der Waals surface area (Å²) in [5, 5.41) is 0.931. The predicted octanol–water partition coefficient (Wildman–Crippen LogP) is 2.71. The van der Waals surface area contributed by atoms with Crippen molar-refractivity contribution < 1.29 is 19.1 Å². The van der Waals surface area contributed by atoms with Crippen molar-refractivity contribution in [3.63, 3.8) is 0 Å². The number of cyclic esters (lactones) is 1. The Morgan fingerprint density at radius 1 is 1.52 bits per heavy atom. The highest BCUT2D eigenvalue weighted by molar-refractivity contribution is 8.76. The van der Waals surface area contributed by atoms with Crippen LogP contribution in [0, 0.1) is 5.41 Å². The maximum atomic E-state index is 12.0. The number of pyridine rings is 1. The molecule has 0 radical (unpaired) electrons. The van der Waals surface area contributed by atoms with Gasteiger partial charge in [-0.05, 0) is 36.3 Å². The highest BCUT2D eigenvalue weighted by atomic mass is 33.1. The van der Waals surface area contributed by atoms with E-state index in [2.05, 4.69) is 4.98 Å². The number of hydrogen-bond donors (Lipinski definition) is 0. The van der Waals surface area contributed by atoms with E-state index in [4.69, 9.17) is 9.47 Å². The summed E-state index contributed by atoms with van der Waals surface area (Å²) in [7, 11) is 3.14. The molecule has 114 valence electrons. The van der Waals surface area contributed by atoms with Gasteiger partial charge in [0, 0.05) is 18.4 Å². The number of carbonyl (C=O) groups excluding carboxylic acids is 2. The Kier molecular flexibility index (Phi) is 5.93. The summed E-state index contributed by atoms with van der Waals surface area (Å²) in [6, 6.07) is 5.73. The van der Waals surface area contributed by atoms with Gasteiger partial charge >= 0.3 is 11.9 Å². The molecule has 7 heteroatoms. The van der Waals surface area contributed by atoms with Crippen LogP contribution in [0.25, 0.3) is 0 Å². The molecule has 2 rings (SSSR count). The van der Waals surface area contributed by atoms with Crippen LogP contribution < -0.4 is 0 Å². The fraction of sp³-hybridized carbons (Fsp3) is 0.500. The number of hydrogen-bond acceptors (Lipinski definition) is 7. The van der Waals surface area contributed by atoms with Crippen LogP contribution in [0.1, 0.15) is 19.8 Å². The minimum Gasteiger partial charge on any atom is -0.464 e. The Morgan fingerprint density at radius 3 is 3.05 bits per heavy atom. The number of esters is 2. The summed E-state index contributed by atoms with van der Waals surface area (Å²) in [5.74, 6) is 0.143. The van der Waals surface area contributed by atoms with Gasteiger partial charge in [-0.25, -0.2) is 4.98 Å². The Balaban J connectivity index is 1.64. The van der Waals surface area contributed by atoms with Crippen LogP contribution in [0.5, 0.6) is 0 Å². The zero-order chi connectivity index (χ0) is 15.1. The van der Waals surface area contributed by atoms with Gasteiger partial charge in [0.1, 0.15) is 18.2 Å². The quantitative estimate of drug-likeness (QED) is 0.452. The van der Waals surface area contributed by atoms with Gasteiger partial charge in [0.05, 0.1) is 5.41 Å². The average Bonchev–Trinajstić information content (AvgIpc) is 2.51. The van der Waals surface area contributed by atoms with Gasteiger partial charge in [0.2, 0.25) is 0 Å². The molecular weight excluding hydrogens is 310 g/mol. The standard InChI is InChI=1S/C14H17NO4S2/c1-14(6-5-12(16)19-10-14)13(17)18-8-9-20-21-11-4-2-3-7-15-11/h2-4,7H,5-6,8-10H2,1H3. The zero-order valence-electron chi connectivity index (χ0n) is 11.7. The maximum absolute atomic E-state index is 12.0. The maximum Gasteiger partial charge on any atom is 0.315 e. The van der Waals surface area contributed by atoms with Gasteiger partial charge in [-0.15, -0.1) is 0 Å². The van der Waals surface area contributed by atoms with Gasteiger partial charge < -0.3 is 9.47 Å². The summed E-state index contributed by atoms with van der Waals surface area (Å²) in [4.78, 5) is 27.2. The Bertz CT molecular complexity index is 485. The molecule has 0 amide bonds. The first-order valence-electron chi connectivity index (χ1n) is 6.63. The molecular formula is C14H17NO4S2. The molecule has 5 nitrogen and oxygen atoms in total. The lowest BCUT2D eigenvalue weighted by atomic mass is 9.85. The van der Waals surface area contributed by atoms with Crippen molar-refractivity contribution in [2.24, 2.45) is 5.41 Å². The summed E-state index contributed by atoms with van der Waals surface area (Å²) < 4.78 is 10.2. The fourth-order valence-electron chi connectivity index (χ4n) is 1.76. The van der Waals surface area contributed by atoms with Crippen LogP contribution in [0.3, 0.4) is 0 Å². The van der Waals surface area contributed by atoms with E-state index in [9.17, 15) is 9.59 Å². The molecule has 1 saturated heterocycles. The minimum atomic E-state index is -0.702. The second-order valence-electron chi connectivity index (χ2n) is 4.93. The van der Waals surface area contributed by atoms with Crippen molar-refractivity contribution >= 4 is 33.5 Å². The topological polar surface area (TPSA) is 65.5 Å². The van der Waals surface area contributed by atoms with Crippen LogP contribution in [0.2, 0.25) is 0 Å². The van der Waals surface area contributed by atoms with E-state index in [0.717, 1.165) is 5.03 Å². The third kappa shape index (κ3) is 4.93. The monoisotopic (exact) mass is 327 g/mol. The van der Waals surface area contributed by atoms with Crippen LogP contribution in [-0.4, -0.2) is 35.9 Å². The Labute approximate surface area is 131 Å². The fourth-order valence-corrected chi connectivity index (χ4v) is 3.47. The molecule has 0 N–H and O–H groups in total. The number of carbonyl (C=O) groups is 2. The molecule has 1 aromatic rings. The van der Waals surface area contributed by atoms with E-state index in [1.54, 1.807) is 34.7 Å². The molecule has 0 saturated carbocycles. The van der Waals surface area contributed by atoms with Gasteiger partial charge in [0.25, 0.3) is 0 Å². The molecule has 1 fully saturated rings. The minimum absolute atomic E-state index is 0.112. The molecule has 0 spiro atoms. The molecule has 0 aromatic carbocycles. The first-order chi connectivity index (χ1) is 10.1. The van der Waals surface area contributed by atoms with Gasteiger partial charge in [-0.1, -0.05) is 16.9 Å². The average molecular weight is 327 g/mol. The SMILES string of the molecule is CC1(C(=O)OCCSSc2ccccn2)CCC(=O)OC1. The largest absolute Gasteiger partial charge is 0.464 e. The van der Waals surface area contributed by atoms with Crippen molar-refractivity contribution in [2.75, 3.05) is 19.0 Å². The number of nitrogens with zero attached hydrogens (tertiary/aromatic N) is 1. The normalized spacial score (nSPS) is 21.7. The van der Waals surface area contributed by atoms with E-state index in [1.165, 1.54) is 0 Å². The molecule has 21 heavy (non-hydrogen) atoms. The lowest BCUT2D eigenvalue weighted by molar-refractivity contribution is -0.169. The summed E-state index contributed by atoms with van der Waals surface area (Å²) in [5.41, 5.74) is -0.702. The van der Waals surface area contributed by atoms with Crippen molar-refractivity contribution in [3.05, 3.63) is 24.4 Å². The second-order valence-corrected chi connectivity index (χ2v) is 7.37. The first kappa shape index (κ1) is 16.2. The van der Waals surface area contributed by atoms with Gasteiger partial charge in [-0.2, -0.15) is 0 Å². The van der Waals surface area contributed by atoms with E-state index < -0.39 is 5.41 Å². The van der Waals surface area contributed by atoms with Crippen molar-refractivity contribution in [1.29, 1.82) is 0 Å². The molecule has 1 aliphatic heterocycles. The van der Waals surface area contributed by atoms with E-state index >= 15 is 0 Å². The molecule has 1 aromatic heterocycles. The zero-order valence-corrected chi connectivity index (χ0v) is 13.4. The number of rotatable bonds is 6. The molecule has 2 heterocycles. The van der Waals surface area contributed by atoms with Gasteiger partial charge in [-0.3, -0.25) is 9.59 Å². The van der Waals surface area contributed by atoms with Crippen molar-refractivity contribution in [2.45, 2.75) is 24.8 Å². The number of ether oxygens (including phenoxy) is 2. The third-order valence-electron chi connectivity index (χ3n) is 3.11. The van der Waals surface area contributed by atoms with E-state index in [1.807, 2.05) is 18.2 Å². The smallest absolute Gasteiger partial charge is 0.315 e. The molecule has 1 aliphatic rings. The van der Waals surface area contributed by atoms with Crippen LogP contribution >= 0.6 is 21.6 Å². The lowest BCUT2D eigenvalue weighted by Gasteiger charge is -2.30. The molecule has 1 unspecified atom stereocenters. The number of aromatic nitrogens is 1. The highest BCUT2D eigenvalue weighted by Crippen LogP contribution is 2.31. The first-order valence-corrected chi connectivity index (χ1v) is 8.95. The van der Waals surface area contributed by atoms with Crippen molar-refractivity contribution in [3.8, 4) is 0 Å². The highest BCUT2D eigenvalue weighted by Gasteiger charge is 2.40. The van der Waals surface area contributed by atoms with Crippen LogP contribution in [0.4, 0.5) is 0 Å². The Hall–Kier alpha value is -1.21. The Morgan fingerprint density at radius 2 is 2.38 bits per heavy atom. The predicted molar refractivity (Wildman–Crippen MR) is 81.8 cm³/mol. The third-order valence-corrected chi connectivity index (χ3v) is 5.34. The van der Waals surface area contributed by atoms with E-state index in [0.29, 0.717) is 18.8 Å². The lowest BCUT2D eigenvalue weighted by Crippen LogP contribution is -2.39.